The summed E-state index contributed by atoms with van der Waals surface area (Å²) >= 11 is 5.90. The molecule has 0 saturated carbocycles. The second-order valence-corrected chi connectivity index (χ2v) is 3.28. The molecule has 0 fully saturated rings. The number of benzene rings is 1. The summed E-state index contributed by atoms with van der Waals surface area (Å²) in [4.78, 5) is 21.4. The highest BCUT2D eigenvalue weighted by Gasteiger charge is 2.25. The minimum atomic E-state index is -1.25. The van der Waals surface area contributed by atoms with Crippen molar-refractivity contribution < 1.29 is 19.1 Å². The normalized spacial score (nSPS) is 11.6. The van der Waals surface area contributed by atoms with E-state index in [4.69, 9.17) is 22.1 Å². The molecule has 0 aliphatic rings. The Morgan fingerprint density at radius 2 is 2.25 bits per heavy atom. The lowest BCUT2D eigenvalue weighted by molar-refractivity contribution is -0.143. The topological polar surface area (TPSA) is 78.6 Å². The second-order valence-electron chi connectivity index (χ2n) is 2.87. The predicted octanol–water partition coefficient (Wildman–Crippen LogP) is 1.05. The first-order valence-electron chi connectivity index (χ1n) is 4.32. The molecule has 86 valence electrons. The van der Waals surface area contributed by atoms with Gasteiger partial charge in [-0.25, -0.2) is 0 Å². The highest BCUT2D eigenvalue weighted by Crippen LogP contribution is 2.33. The molecule has 1 aromatic carbocycles. The van der Waals surface area contributed by atoms with Gasteiger partial charge in [-0.1, -0.05) is 17.7 Å². The number of nitrogens with two attached hydrogens (primary N) is 1. The molecule has 0 heterocycles. The van der Waals surface area contributed by atoms with Crippen molar-refractivity contribution in [3.05, 3.63) is 28.8 Å². The van der Waals surface area contributed by atoms with Crippen LogP contribution in [-0.2, 0) is 14.3 Å². The fraction of sp³-hybridized carbons (Fsp3) is 0.200. The van der Waals surface area contributed by atoms with Gasteiger partial charge in [0.1, 0.15) is 5.75 Å². The molecule has 0 aliphatic heterocycles. The summed E-state index contributed by atoms with van der Waals surface area (Å²) in [5, 5.41) is 0.241. The Balaban J connectivity index is 3.26. The van der Waals surface area contributed by atoms with Gasteiger partial charge in [0.15, 0.2) is 0 Å². The van der Waals surface area contributed by atoms with Crippen LogP contribution in [0.4, 0.5) is 0 Å². The van der Waals surface area contributed by atoms with Gasteiger partial charge >= 0.3 is 0 Å². The van der Waals surface area contributed by atoms with E-state index in [1.807, 2.05) is 0 Å². The summed E-state index contributed by atoms with van der Waals surface area (Å²) < 4.78 is 9.61. The Morgan fingerprint density at radius 1 is 1.56 bits per heavy atom. The van der Waals surface area contributed by atoms with Gasteiger partial charge in [-0.15, -0.1) is 0 Å². The summed E-state index contributed by atoms with van der Waals surface area (Å²) in [5.41, 5.74) is 5.35. The van der Waals surface area contributed by atoms with Crippen LogP contribution >= 0.6 is 11.6 Å². The summed E-state index contributed by atoms with van der Waals surface area (Å²) in [6.07, 6.45) is -1.25. The molecule has 0 aromatic heterocycles. The third-order valence-corrected chi connectivity index (χ3v) is 2.27. The fourth-order valence-corrected chi connectivity index (χ4v) is 1.55. The second kappa shape index (κ2) is 5.37. The lowest BCUT2D eigenvalue weighted by atomic mass is 10.1. The van der Waals surface area contributed by atoms with Gasteiger partial charge < -0.3 is 15.2 Å². The number of methoxy groups -OCH3 is 1. The number of halogens is 1. The molecule has 1 amide bonds. The monoisotopic (exact) mass is 243 g/mol. The van der Waals surface area contributed by atoms with Gasteiger partial charge in [-0.3, -0.25) is 9.59 Å². The predicted molar refractivity (Wildman–Crippen MR) is 57.1 cm³/mol. The Bertz CT molecular complexity index is 408. The highest BCUT2D eigenvalue weighted by atomic mass is 35.5. The minimum Gasteiger partial charge on any atom is -0.496 e. The first kappa shape index (κ1) is 12.3. The largest absolute Gasteiger partial charge is 0.496 e. The van der Waals surface area contributed by atoms with E-state index < -0.39 is 12.0 Å². The summed E-state index contributed by atoms with van der Waals surface area (Å²) in [7, 11) is 1.41. The Hall–Kier alpha value is -1.75. The van der Waals surface area contributed by atoms with Crippen LogP contribution in [-0.4, -0.2) is 19.5 Å². The van der Waals surface area contributed by atoms with Crippen LogP contribution in [0.5, 0.6) is 5.75 Å². The zero-order valence-corrected chi connectivity index (χ0v) is 9.23. The zero-order chi connectivity index (χ0) is 12.1. The molecule has 1 aromatic rings. The third-order valence-electron chi connectivity index (χ3n) is 1.95. The van der Waals surface area contributed by atoms with Crippen LogP contribution in [0.3, 0.4) is 0 Å². The fourth-order valence-electron chi connectivity index (χ4n) is 1.28. The van der Waals surface area contributed by atoms with Crippen LogP contribution < -0.4 is 10.5 Å². The number of primary amides is 1. The maximum atomic E-state index is 11.1. The minimum absolute atomic E-state index is 0.137. The standard InChI is InChI=1S/C10H10ClNO4/c1-15-7-4-2-3-6(11)8(7)9(10(12)14)16-5-13/h2-5,9H,1H3,(H2,12,14). The van der Waals surface area contributed by atoms with E-state index in [-0.39, 0.29) is 17.1 Å². The Morgan fingerprint density at radius 3 is 2.75 bits per heavy atom. The summed E-state index contributed by atoms with van der Waals surface area (Å²) in [6, 6.07) is 4.78. The molecule has 0 spiro atoms. The first-order chi connectivity index (χ1) is 7.61. The van der Waals surface area contributed by atoms with E-state index in [9.17, 15) is 9.59 Å². The van der Waals surface area contributed by atoms with E-state index >= 15 is 0 Å². The van der Waals surface area contributed by atoms with Crippen molar-refractivity contribution in [2.45, 2.75) is 6.10 Å². The SMILES string of the molecule is COc1cccc(Cl)c1C(OC=O)C(N)=O. The van der Waals surface area contributed by atoms with E-state index in [0.717, 1.165) is 0 Å². The quantitative estimate of drug-likeness (QED) is 0.784. The Labute approximate surface area is 97.1 Å². The van der Waals surface area contributed by atoms with Gasteiger partial charge in [0, 0.05) is 0 Å². The van der Waals surface area contributed by atoms with Gasteiger partial charge in [0.05, 0.1) is 17.7 Å². The summed E-state index contributed by atoms with van der Waals surface area (Å²) in [6.45, 7) is 0.137. The number of amides is 1. The average Bonchev–Trinajstić information content (AvgIpc) is 2.26. The number of hydrogen-bond donors (Lipinski definition) is 1. The van der Waals surface area contributed by atoms with Crippen LogP contribution in [0, 0.1) is 0 Å². The molecule has 0 radical (unpaired) electrons. The maximum Gasteiger partial charge on any atom is 0.294 e. The van der Waals surface area contributed by atoms with Crippen LogP contribution in [0.25, 0.3) is 0 Å². The van der Waals surface area contributed by atoms with Crippen LogP contribution in [0.15, 0.2) is 18.2 Å². The third kappa shape index (κ3) is 2.43. The maximum absolute atomic E-state index is 11.1. The number of hydrogen-bond acceptors (Lipinski definition) is 4. The van der Waals surface area contributed by atoms with E-state index in [1.54, 1.807) is 18.2 Å². The van der Waals surface area contributed by atoms with Gasteiger partial charge in [0.2, 0.25) is 6.10 Å². The van der Waals surface area contributed by atoms with Crippen LogP contribution in [0.1, 0.15) is 11.7 Å². The average molecular weight is 244 g/mol. The van der Waals surface area contributed by atoms with Crippen molar-refractivity contribution in [1.29, 1.82) is 0 Å². The molecule has 6 heteroatoms. The molecule has 16 heavy (non-hydrogen) atoms. The molecule has 5 nitrogen and oxygen atoms in total. The number of ether oxygens (including phenoxy) is 2. The smallest absolute Gasteiger partial charge is 0.294 e. The molecule has 0 bridgehead atoms. The lowest BCUT2D eigenvalue weighted by Gasteiger charge is -2.16. The van der Waals surface area contributed by atoms with E-state index in [0.29, 0.717) is 5.75 Å². The van der Waals surface area contributed by atoms with Gasteiger partial charge in [-0.2, -0.15) is 0 Å². The van der Waals surface area contributed by atoms with Crippen molar-refractivity contribution in [2.24, 2.45) is 5.73 Å². The number of carbonyl (C=O) groups excluding carboxylic acids is 2. The van der Waals surface area contributed by atoms with Crippen molar-refractivity contribution in [3.8, 4) is 5.75 Å². The molecule has 2 N–H and O–H groups in total. The molecule has 1 unspecified atom stereocenters. The van der Waals surface area contributed by atoms with Crippen molar-refractivity contribution >= 4 is 24.0 Å². The van der Waals surface area contributed by atoms with Gasteiger partial charge in [0.25, 0.3) is 12.4 Å². The molecular formula is C10H10ClNO4. The number of rotatable bonds is 5. The van der Waals surface area contributed by atoms with Gasteiger partial charge in [-0.05, 0) is 12.1 Å². The van der Waals surface area contributed by atoms with Crippen LogP contribution in [0.2, 0.25) is 5.02 Å². The molecular weight excluding hydrogens is 234 g/mol. The van der Waals surface area contributed by atoms with Crippen molar-refractivity contribution in [2.75, 3.05) is 7.11 Å². The van der Waals surface area contributed by atoms with E-state index in [2.05, 4.69) is 4.74 Å². The number of carbonyl (C=O) groups is 2. The molecule has 0 aliphatic carbocycles. The molecule has 0 saturated heterocycles. The van der Waals surface area contributed by atoms with Crippen molar-refractivity contribution in [3.63, 3.8) is 0 Å². The molecule has 1 atom stereocenters. The lowest BCUT2D eigenvalue weighted by Crippen LogP contribution is -2.24. The van der Waals surface area contributed by atoms with E-state index in [1.165, 1.54) is 7.11 Å². The van der Waals surface area contributed by atoms with Crippen molar-refractivity contribution in [1.82, 2.24) is 0 Å². The highest BCUT2D eigenvalue weighted by molar-refractivity contribution is 6.31. The molecule has 1 rings (SSSR count). The first-order valence-corrected chi connectivity index (χ1v) is 4.70. The zero-order valence-electron chi connectivity index (χ0n) is 8.48. The Kier molecular flexibility index (Phi) is 4.13. The summed E-state index contributed by atoms with van der Waals surface area (Å²) in [5.74, 6) is -0.489.